The predicted molar refractivity (Wildman–Crippen MR) is 63.6 cm³/mol. The molecule has 0 bridgehead atoms. The molecule has 0 saturated carbocycles. The summed E-state index contributed by atoms with van der Waals surface area (Å²) in [5.74, 6) is -1.88. The molecule has 1 atom stereocenters. The molecule has 7 heteroatoms. The minimum absolute atomic E-state index is 0.00545. The maximum absolute atomic E-state index is 11.6. The van der Waals surface area contributed by atoms with Gasteiger partial charge in [0.15, 0.2) is 0 Å². The summed E-state index contributed by atoms with van der Waals surface area (Å²) in [5, 5.41) is 8.63. The smallest absolute Gasteiger partial charge is 0.371 e. The SMILES string of the molecule is CCCOC(=O)CS(=O)Cc1ccc(C(=O)O)o1. The molecule has 0 saturated heterocycles. The summed E-state index contributed by atoms with van der Waals surface area (Å²) < 4.78 is 21.3. The summed E-state index contributed by atoms with van der Waals surface area (Å²) in [7, 11) is -1.47. The molecule has 1 aromatic rings. The Kier molecular flexibility index (Phi) is 5.57. The van der Waals surface area contributed by atoms with Gasteiger partial charge in [0.05, 0.1) is 12.4 Å². The van der Waals surface area contributed by atoms with Crippen molar-refractivity contribution in [2.75, 3.05) is 12.4 Å². The fourth-order valence-corrected chi connectivity index (χ4v) is 2.09. The van der Waals surface area contributed by atoms with Crippen molar-refractivity contribution in [3.8, 4) is 0 Å². The van der Waals surface area contributed by atoms with E-state index in [9.17, 15) is 13.8 Å². The van der Waals surface area contributed by atoms with E-state index in [1.165, 1.54) is 12.1 Å². The first-order chi connectivity index (χ1) is 8.52. The zero-order valence-electron chi connectivity index (χ0n) is 9.88. The molecule has 18 heavy (non-hydrogen) atoms. The number of rotatable bonds is 7. The van der Waals surface area contributed by atoms with Gasteiger partial charge in [0.25, 0.3) is 0 Å². The number of hydrogen-bond donors (Lipinski definition) is 1. The number of carbonyl (C=O) groups excluding carboxylic acids is 1. The summed E-state index contributed by atoms with van der Waals surface area (Å²) in [4.78, 5) is 21.7. The molecule has 1 aromatic heterocycles. The molecule has 0 fully saturated rings. The topological polar surface area (TPSA) is 93.8 Å². The lowest BCUT2D eigenvalue weighted by molar-refractivity contribution is -0.140. The molecule has 1 rings (SSSR count). The van der Waals surface area contributed by atoms with Crippen LogP contribution in [-0.2, 0) is 26.1 Å². The van der Waals surface area contributed by atoms with Crippen molar-refractivity contribution >= 4 is 22.7 Å². The van der Waals surface area contributed by atoms with Gasteiger partial charge in [-0.2, -0.15) is 0 Å². The molecular formula is C11H14O6S. The number of ether oxygens (including phenoxy) is 1. The van der Waals surface area contributed by atoms with E-state index in [0.717, 1.165) is 0 Å². The van der Waals surface area contributed by atoms with E-state index in [2.05, 4.69) is 0 Å². The van der Waals surface area contributed by atoms with Crippen LogP contribution in [0, 0.1) is 0 Å². The Morgan fingerprint density at radius 3 is 2.72 bits per heavy atom. The lowest BCUT2D eigenvalue weighted by Gasteiger charge is -2.02. The number of aromatic carboxylic acids is 1. The molecule has 0 aliphatic heterocycles. The molecule has 1 heterocycles. The third-order valence-electron chi connectivity index (χ3n) is 1.92. The van der Waals surface area contributed by atoms with Crippen molar-refractivity contribution in [3.05, 3.63) is 23.7 Å². The van der Waals surface area contributed by atoms with Crippen LogP contribution in [0.4, 0.5) is 0 Å². The van der Waals surface area contributed by atoms with Crippen LogP contribution in [0.25, 0.3) is 0 Å². The van der Waals surface area contributed by atoms with Gasteiger partial charge < -0.3 is 14.3 Å². The average molecular weight is 274 g/mol. The molecule has 100 valence electrons. The van der Waals surface area contributed by atoms with Gasteiger partial charge in [-0.25, -0.2) is 4.79 Å². The Labute approximate surface area is 106 Å². The van der Waals surface area contributed by atoms with Crippen LogP contribution in [0.3, 0.4) is 0 Å². The van der Waals surface area contributed by atoms with Crippen LogP contribution in [-0.4, -0.2) is 33.6 Å². The average Bonchev–Trinajstić information content (AvgIpc) is 2.74. The maximum atomic E-state index is 11.6. The molecule has 0 amide bonds. The van der Waals surface area contributed by atoms with Gasteiger partial charge in [-0.05, 0) is 18.6 Å². The zero-order valence-corrected chi connectivity index (χ0v) is 10.7. The number of hydrogen-bond acceptors (Lipinski definition) is 5. The van der Waals surface area contributed by atoms with Crippen molar-refractivity contribution in [3.63, 3.8) is 0 Å². The summed E-state index contributed by atoms with van der Waals surface area (Å²) in [6.07, 6.45) is 0.707. The Balaban J connectivity index is 2.44. The molecule has 6 nitrogen and oxygen atoms in total. The fourth-order valence-electron chi connectivity index (χ4n) is 1.17. The zero-order chi connectivity index (χ0) is 13.5. The highest BCUT2D eigenvalue weighted by Gasteiger charge is 2.14. The molecule has 0 aliphatic carbocycles. The number of furan rings is 1. The summed E-state index contributed by atoms with van der Waals surface area (Å²) in [6.45, 7) is 2.17. The maximum Gasteiger partial charge on any atom is 0.371 e. The van der Waals surface area contributed by atoms with Gasteiger partial charge in [0, 0.05) is 10.8 Å². The Morgan fingerprint density at radius 2 is 2.17 bits per heavy atom. The van der Waals surface area contributed by atoms with Gasteiger partial charge >= 0.3 is 11.9 Å². The van der Waals surface area contributed by atoms with Crippen LogP contribution >= 0.6 is 0 Å². The largest absolute Gasteiger partial charge is 0.475 e. The second-order valence-corrected chi connectivity index (χ2v) is 4.98. The molecule has 1 N–H and O–H groups in total. The second kappa shape index (κ2) is 6.95. The normalized spacial score (nSPS) is 12.1. The van der Waals surface area contributed by atoms with Crippen LogP contribution in [0.15, 0.2) is 16.5 Å². The highest BCUT2D eigenvalue weighted by Crippen LogP contribution is 2.10. The number of esters is 1. The number of carbonyl (C=O) groups is 2. The van der Waals surface area contributed by atoms with Gasteiger partial charge in [0.1, 0.15) is 11.5 Å². The van der Waals surface area contributed by atoms with E-state index in [0.29, 0.717) is 13.0 Å². The van der Waals surface area contributed by atoms with Gasteiger partial charge in [-0.3, -0.25) is 9.00 Å². The minimum Gasteiger partial charge on any atom is -0.475 e. The summed E-state index contributed by atoms with van der Waals surface area (Å²) in [6, 6.07) is 2.71. The predicted octanol–water partition coefficient (Wildman–Crippen LogP) is 1.18. The van der Waals surface area contributed by atoms with Crippen molar-refractivity contribution in [2.24, 2.45) is 0 Å². The minimum atomic E-state index is -1.47. The van der Waals surface area contributed by atoms with E-state index in [1.807, 2.05) is 6.92 Å². The molecular weight excluding hydrogens is 260 g/mol. The first-order valence-electron chi connectivity index (χ1n) is 5.35. The quantitative estimate of drug-likeness (QED) is 0.750. The lowest BCUT2D eigenvalue weighted by Crippen LogP contribution is -2.15. The van der Waals surface area contributed by atoms with E-state index in [-0.39, 0.29) is 23.0 Å². The summed E-state index contributed by atoms with van der Waals surface area (Å²) >= 11 is 0. The van der Waals surface area contributed by atoms with Gasteiger partial charge in [-0.1, -0.05) is 6.92 Å². The first-order valence-corrected chi connectivity index (χ1v) is 6.84. The fraction of sp³-hybridized carbons (Fsp3) is 0.455. The van der Waals surface area contributed by atoms with Crippen molar-refractivity contribution in [2.45, 2.75) is 19.1 Å². The van der Waals surface area contributed by atoms with E-state index in [1.54, 1.807) is 0 Å². The molecule has 0 radical (unpaired) electrons. The van der Waals surface area contributed by atoms with E-state index < -0.39 is 22.7 Å². The Hall–Kier alpha value is -1.63. The third kappa shape index (κ3) is 4.70. The van der Waals surface area contributed by atoms with Crippen LogP contribution in [0.5, 0.6) is 0 Å². The monoisotopic (exact) mass is 274 g/mol. The van der Waals surface area contributed by atoms with E-state index >= 15 is 0 Å². The second-order valence-electron chi connectivity index (χ2n) is 3.52. The van der Waals surface area contributed by atoms with E-state index in [4.69, 9.17) is 14.3 Å². The van der Waals surface area contributed by atoms with Crippen LogP contribution in [0.2, 0.25) is 0 Å². The Bertz CT molecular complexity index is 450. The van der Waals surface area contributed by atoms with Gasteiger partial charge in [0.2, 0.25) is 5.76 Å². The first kappa shape index (κ1) is 14.4. The highest BCUT2D eigenvalue weighted by molar-refractivity contribution is 7.84. The third-order valence-corrected chi connectivity index (χ3v) is 3.09. The van der Waals surface area contributed by atoms with Crippen LogP contribution < -0.4 is 0 Å². The molecule has 1 unspecified atom stereocenters. The van der Waals surface area contributed by atoms with Crippen molar-refractivity contribution in [1.29, 1.82) is 0 Å². The molecule has 0 aromatic carbocycles. The molecule has 0 aliphatic rings. The molecule has 0 spiro atoms. The van der Waals surface area contributed by atoms with Gasteiger partial charge in [-0.15, -0.1) is 0 Å². The standard InChI is InChI=1S/C11H14O6S/c1-2-5-16-10(12)7-18(15)6-8-3-4-9(17-8)11(13)14/h3-4H,2,5-7H2,1H3,(H,13,14). The highest BCUT2D eigenvalue weighted by atomic mass is 32.2. The lowest BCUT2D eigenvalue weighted by atomic mass is 10.4. The number of carboxylic acids is 1. The Morgan fingerprint density at radius 1 is 1.44 bits per heavy atom. The van der Waals surface area contributed by atoms with Crippen molar-refractivity contribution in [1.82, 2.24) is 0 Å². The van der Waals surface area contributed by atoms with Crippen LogP contribution in [0.1, 0.15) is 29.7 Å². The van der Waals surface area contributed by atoms with Crippen molar-refractivity contribution < 1.29 is 28.1 Å². The summed E-state index contributed by atoms with van der Waals surface area (Å²) in [5.41, 5.74) is 0. The number of carboxylic acid groups (broad SMARTS) is 1.